The molecule has 0 aliphatic rings. The van der Waals surface area contributed by atoms with Gasteiger partial charge in [-0.25, -0.2) is 0 Å². The lowest BCUT2D eigenvalue weighted by molar-refractivity contribution is -0.137. The third kappa shape index (κ3) is 13.4. The highest BCUT2D eigenvalue weighted by Crippen LogP contribution is 1.94. The number of aliphatic carboxylic acids is 1. The monoisotopic (exact) mass is 231 g/mol. The molecular formula is C12H25NO3. The minimum absolute atomic E-state index is 0.277. The van der Waals surface area contributed by atoms with Crippen molar-refractivity contribution in [2.45, 2.75) is 39.5 Å². The summed E-state index contributed by atoms with van der Waals surface area (Å²) in [6.45, 7) is 7.77. The molecule has 0 rings (SSSR count). The molecule has 0 saturated heterocycles. The van der Waals surface area contributed by atoms with Crippen LogP contribution in [-0.2, 0) is 9.53 Å². The van der Waals surface area contributed by atoms with E-state index >= 15 is 0 Å². The number of carboxylic acids is 1. The molecule has 0 aromatic heterocycles. The molecule has 96 valence electrons. The summed E-state index contributed by atoms with van der Waals surface area (Å²) in [7, 11) is 0. The summed E-state index contributed by atoms with van der Waals surface area (Å²) in [5.74, 6) is -0.105. The predicted octanol–water partition coefficient (Wildman–Crippen LogP) is 1.89. The smallest absolute Gasteiger partial charge is 0.303 e. The highest BCUT2D eigenvalue weighted by Gasteiger charge is 1.96. The van der Waals surface area contributed by atoms with Gasteiger partial charge >= 0.3 is 5.97 Å². The molecule has 0 atom stereocenters. The fourth-order valence-electron chi connectivity index (χ4n) is 1.27. The van der Waals surface area contributed by atoms with Crippen LogP contribution < -0.4 is 5.32 Å². The Hall–Kier alpha value is -0.610. The molecule has 16 heavy (non-hydrogen) atoms. The van der Waals surface area contributed by atoms with Crippen molar-refractivity contribution < 1.29 is 14.6 Å². The van der Waals surface area contributed by atoms with Gasteiger partial charge in [0.1, 0.15) is 0 Å². The van der Waals surface area contributed by atoms with Crippen LogP contribution in [0.25, 0.3) is 0 Å². The van der Waals surface area contributed by atoms with Gasteiger partial charge in [-0.2, -0.15) is 0 Å². The minimum atomic E-state index is -0.706. The van der Waals surface area contributed by atoms with E-state index in [4.69, 9.17) is 9.84 Å². The summed E-state index contributed by atoms with van der Waals surface area (Å²) in [5, 5.41) is 11.7. The molecule has 0 spiro atoms. The molecule has 4 heteroatoms. The molecule has 0 aromatic rings. The van der Waals surface area contributed by atoms with Crippen LogP contribution in [0.4, 0.5) is 0 Å². The van der Waals surface area contributed by atoms with Gasteiger partial charge in [-0.05, 0) is 38.3 Å². The van der Waals surface area contributed by atoms with E-state index in [2.05, 4.69) is 19.2 Å². The van der Waals surface area contributed by atoms with Crippen LogP contribution in [-0.4, -0.2) is 37.4 Å². The lowest BCUT2D eigenvalue weighted by Gasteiger charge is -2.07. The minimum Gasteiger partial charge on any atom is -0.481 e. The molecule has 0 amide bonds. The standard InChI is InChI=1S/C12H25NO3/c1-11(2)10-16-9-5-8-13-7-4-3-6-12(14)15/h11,13H,3-10H2,1-2H3,(H,14,15). The Morgan fingerprint density at radius 1 is 1.25 bits per heavy atom. The van der Waals surface area contributed by atoms with Gasteiger partial charge in [0.05, 0.1) is 0 Å². The molecule has 2 N–H and O–H groups in total. The first-order chi connectivity index (χ1) is 7.63. The first-order valence-corrected chi connectivity index (χ1v) is 6.13. The van der Waals surface area contributed by atoms with Crippen LogP contribution in [0.1, 0.15) is 39.5 Å². The van der Waals surface area contributed by atoms with E-state index in [1.807, 2.05) is 0 Å². The second-order valence-corrected chi connectivity index (χ2v) is 4.42. The molecule has 0 aromatic carbocycles. The summed E-state index contributed by atoms with van der Waals surface area (Å²) in [4.78, 5) is 10.2. The summed E-state index contributed by atoms with van der Waals surface area (Å²) in [5.41, 5.74) is 0. The van der Waals surface area contributed by atoms with Gasteiger partial charge in [0, 0.05) is 19.6 Å². The van der Waals surface area contributed by atoms with Gasteiger partial charge in [0.2, 0.25) is 0 Å². The molecule has 0 aliphatic carbocycles. The number of unbranched alkanes of at least 4 members (excludes halogenated alkanes) is 1. The van der Waals surface area contributed by atoms with Crippen LogP contribution in [0.3, 0.4) is 0 Å². The molecular weight excluding hydrogens is 206 g/mol. The van der Waals surface area contributed by atoms with E-state index in [0.29, 0.717) is 5.92 Å². The van der Waals surface area contributed by atoms with E-state index < -0.39 is 5.97 Å². The molecule has 0 saturated carbocycles. The lowest BCUT2D eigenvalue weighted by atomic mass is 10.2. The van der Waals surface area contributed by atoms with Crippen LogP contribution in [0, 0.1) is 5.92 Å². The fraction of sp³-hybridized carbons (Fsp3) is 0.917. The average molecular weight is 231 g/mol. The summed E-state index contributed by atoms with van der Waals surface area (Å²) in [6, 6.07) is 0. The van der Waals surface area contributed by atoms with Crippen molar-refractivity contribution in [2.24, 2.45) is 5.92 Å². The molecule has 4 nitrogen and oxygen atoms in total. The molecule has 0 fully saturated rings. The van der Waals surface area contributed by atoms with Crippen molar-refractivity contribution >= 4 is 5.97 Å². The maximum Gasteiger partial charge on any atom is 0.303 e. The van der Waals surface area contributed by atoms with Crippen molar-refractivity contribution in [2.75, 3.05) is 26.3 Å². The van der Waals surface area contributed by atoms with Gasteiger partial charge < -0.3 is 15.2 Å². The number of nitrogens with one attached hydrogen (secondary N) is 1. The lowest BCUT2D eigenvalue weighted by Crippen LogP contribution is -2.18. The Bertz CT molecular complexity index is 172. The maximum absolute atomic E-state index is 10.2. The Kier molecular flexibility index (Phi) is 10.5. The zero-order valence-electron chi connectivity index (χ0n) is 10.5. The van der Waals surface area contributed by atoms with Crippen LogP contribution in [0.5, 0.6) is 0 Å². The highest BCUT2D eigenvalue weighted by atomic mass is 16.5. The molecule has 0 unspecified atom stereocenters. The number of hydrogen-bond acceptors (Lipinski definition) is 3. The summed E-state index contributed by atoms with van der Waals surface area (Å²) in [6.07, 6.45) is 2.98. The van der Waals surface area contributed by atoms with E-state index in [-0.39, 0.29) is 6.42 Å². The number of ether oxygens (including phenoxy) is 1. The zero-order valence-corrected chi connectivity index (χ0v) is 10.5. The molecule has 0 aliphatic heterocycles. The Labute approximate surface area is 98.4 Å². The first kappa shape index (κ1) is 15.4. The molecule has 0 heterocycles. The van der Waals surface area contributed by atoms with E-state index in [0.717, 1.165) is 45.6 Å². The molecule has 0 radical (unpaired) electrons. The van der Waals surface area contributed by atoms with E-state index in [1.165, 1.54) is 0 Å². The topological polar surface area (TPSA) is 58.6 Å². The number of carbonyl (C=O) groups is 1. The van der Waals surface area contributed by atoms with Crippen LogP contribution in [0.2, 0.25) is 0 Å². The van der Waals surface area contributed by atoms with Crippen molar-refractivity contribution in [1.82, 2.24) is 5.32 Å². The van der Waals surface area contributed by atoms with Gasteiger partial charge in [-0.3, -0.25) is 4.79 Å². The normalized spacial score (nSPS) is 10.9. The first-order valence-electron chi connectivity index (χ1n) is 6.13. The summed E-state index contributed by atoms with van der Waals surface area (Å²) >= 11 is 0. The van der Waals surface area contributed by atoms with Crippen molar-refractivity contribution in [3.8, 4) is 0 Å². The Morgan fingerprint density at radius 2 is 1.94 bits per heavy atom. The van der Waals surface area contributed by atoms with Gasteiger partial charge in [0.15, 0.2) is 0 Å². The maximum atomic E-state index is 10.2. The van der Waals surface area contributed by atoms with Crippen LogP contribution in [0.15, 0.2) is 0 Å². The average Bonchev–Trinajstić information content (AvgIpc) is 2.20. The van der Waals surface area contributed by atoms with Gasteiger partial charge in [-0.1, -0.05) is 13.8 Å². The van der Waals surface area contributed by atoms with Crippen molar-refractivity contribution in [1.29, 1.82) is 0 Å². The van der Waals surface area contributed by atoms with Gasteiger partial charge in [-0.15, -0.1) is 0 Å². The Balaban J connectivity index is 2.96. The SMILES string of the molecule is CC(C)COCCCNCCCCC(=O)O. The van der Waals surface area contributed by atoms with E-state index in [1.54, 1.807) is 0 Å². The van der Waals surface area contributed by atoms with E-state index in [9.17, 15) is 4.79 Å². The third-order valence-electron chi connectivity index (χ3n) is 2.09. The second-order valence-electron chi connectivity index (χ2n) is 4.42. The summed E-state index contributed by atoms with van der Waals surface area (Å²) < 4.78 is 5.44. The zero-order chi connectivity index (χ0) is 12.2. The number of carboxylic acid groups (broad SMARTS) is 1. The van der Waals surface area contributed by atoms with Crippen LogP contribution >= 0.6 is 0 Å². The van der Waals surface area contributed by atoms with Crippen molar-refractivity contribution in [3.63, 3.8) is 0 Å². The predicted molar refractivity (Wildman–Crippen MR) is 64.6 cm³/mol. The largest absolute Gasteiger partial charge is 0.481 e. The quantitative estimate of drug-likeness (QED) is 0.533. The fourth-order valence-corrected chi connectivity index (χ4v) is 1.27. The Morgan fingerprint density at radius 3 is 2.56 bits per heavy atom. The third-order valence-corrected chi connectivity index (χ3v) is 2.09. The molecule has 0 bridgehead atoms. The number of rotatable bonds is 11. The highest BCUT2D eigenvalue weighted by molar-refractivity contribution is 5.66. The second kappa shape index (κ2) is 10.9. The van der Waals surface area contributed by atoms with Crippen molar-refractivity contribution in [3.05, 3.63) is 0 Å². The number of hydrogen-bond donors (Lipinski definition) is 2. The van der Waals surface area contributed by atoms with Gasteiger partial charge in [0.25, 0.3) is 0 Å².